The smallest absolute Gasteiger partial charge is 0.349 e. The minimum absolute atomic E-state index is 0.0356. The van der Waals surface area contributed by atoms with E-state index in [1.165, 1.54) is 18.2 Å². The van der Waals surface area contributed by atoms with Crippen molar-refractivity contribution in [2.75, 3.05) is 19.8 Å². The summed E-state index contributed by atoms with van der Waals surface area (Å²) in [6.45, 7) is 0.687. The Balaban J connectivity index is 1.40. The van der Waals surface area contributed by atoms with Gasteiger partial charge in [-0.1, -0.05) is 17.7 Å². The number of hydrogen-bond donors (Lipinski definition) is 1. The van der Waals surface area contributed by atoms with Crippen molar-refractivity contribution < 1.29 is 28.2 Å². The van der Waals surface area contributed by atoms with E-state index >= 15 is 0 Å². The van der Waals surface area contributed by atoms with Gasteiger partial charge in [-0.2, -0.15) is 0 Å². The number of carbonyl (C=O) groups excluding carboxylic acids is 2. The predicted octanol–water partition coefficient (Wildman–Crippen LogP) is 3.34. The molecule has 0 radical (unpaired) electrons. The number of nitrogens with one attached hydrogen (secondary N) is 1. The van der Waals surface area contributed by atoms with Crippen molar-refractivity contribution in [3.63, 3.8) is 0 Å². The van der Waals surface area contributed by atoms with Crippen LogP contribution in [0.2, 0.25) is 5.02 Å². The maximum Gasteiger partial charge on any atom is 0.349 e. The highest BCUT2D eigenvalue weighted by molar-refractivity contribution is 6.30. The highest BCUT2D eigenvalue weighted by Gasteiger charge is 2.19. The summed E-state index contributed by atoms with van der Waals surface area (Å²) in [7, 11) is 0. The highest BCUT2D eigenvalue weighted by atomic mass is 35.5. The van der Waals surface area contributed by atoms with Crippen LogP contribution in [0.3, 0.4) is 0 Å². The molecular weight excluding hydrogens is 438 g/mol. The molecule has 2 heterocycles. The third-order valence-electron chi connectivity index (χ3n) is 4.85. The van der Waals surface area contributed by atoms with Gasteiger partial charge in [0.1, 0.15) is 22.6 Å². The maximum absolute atomic E-state index is 12.4. The fourth-order valence-corrected chi connectivity index (χ4v) is 3.46. The van der Waals surface area contributed by atoms with E-state index in [9.17, 15) is 14.4 Å². The second-order valence-corrected chi connectivity index (χ2v) is 7.65. The molecule has 2 aromatic carbocycles. The van der Waals surface area contributed by atoms with Crippen molar-refractivity contribution in [2.24, 2.45) is 0 Å². The topological polar surface area (TPSA) is 104 Å². The van der Waals surface area contributed by atoms with E-state index in [4.69, 9.17) is 30.2 Å². The van der Waals surface area contributed by atoms with Crippen LogP contribution in [0.5, 0.6) is 11.5 Å². The third kappa shape index (κ3) is 5.46. The zero-order valence-corrected chi connectivity index (χ0v) is 17.7. The minimum atomic E-state index is -0.782. The van der Waals surface area contributed by atoms with Crippen molar-refractivity contribution in [3.8, 4) is 11.5 Å². The van der Waals surface area contributed by atoms with Crippen LogP contribution in [0.15, 0.2) is 57.7 Å². The second-order valence-electron chi connectivity index (χ2n) is 7.21. The normalized spacial score (nSPS) is 15.5. The van der Waals surface area contributed by atoms with E-state index in [0.29, 0.717) is 29.3 Å². The predicted molar refractivity (Wildman–Crippen MR) is 116 cm³/mol. The van der Waals surface area contributed by atoms with Crippen molar-refractivity contribution in [1.82, 2.24) is 5.32 Å². The minimum Gasteiger partial charge on any atom is -0.482 e. The molecule has 1 N–H and O–H groups in total. The summed E-state index contributed by atoms with van der Waals surface area (Å²) in [5.41, 5.74) is -0.697. The second kappa shape index (κ2) is 9.84. The Morgan fingerprint density at radius 1 is 1.12 bits per heavy atom. The first-order chi connectivity index (χ1) is 15.5. The van der Waals surface area contributed by atoms with Crippen LogP contribution < -0.4 is 20.4 Å². The summed E-state index contributed by atoms with van der Waals surface area (Å²) in [5.74, 6) is -0.554. The van der Waals surface area contributed by atoms with E-state index < -0.39 is 17.5 Å². The molecule has 0 bridgehead atoms. The van der Waals surface area contributed by atoms with Crippen LogP contribution in [0, 0.1) is 0 Å². The van der Waals surface area contributed by atoms with Gasteiger partial charge in [-0.15, -0.1) is 0 Å². The summed E-state index contributed by atoms with van der Waals surface area (Å²) in [6, 6.07) is 12.6. The van der Waals surface area contributed by atoms with E-state index in [2.05, 4.69) is 5.32 Å². The number of halogens is 1. The molecule has 166 valence electrons. The van der Waals surface area contributed by atoms with Gasteiger partial charge in [-0.3, -0.25) is 4.79 Å². The van der Waals surface area contributed by atoms with E-state index in [0.717, 1.165) is 12.8 Å². The van der Waals surface area contributed by atoms with Crippen LogP contribution in [0.1, 0.15) is 23.2 Å². The monoisotopic (exact) mass is 457 g/mol. The largest absolute Gasteiger partial charge is 0.482 e. The van der Waals surface area contributed by atoms with Crippen LogP contribution in [0.4, 0.5) is 0 Å². The third-order valence-corrected chi connectivity index (χ3v) is 5.09. The molecule has 1 atom stereocenters. The first-order valence-electron chi connectivity index (χ1n) is 10.0. The molecule has 1 fully saturated rings. The van der Waals surface area contributed by atoms with Gasteiger partial charge in [0.05, 0.1) is 6.10 Å². The fourth-order valence-electron chi connectivity index (χ4n) is 3.28. The number of fused-ring (bicyclic) bond motifs is 1. The molecule has 1 aromatic heterocycles. The Hall–Kier alpha value is -3.36. The molecule has 8 nitrogen and oxygen atoms in total. The number of ether oxygens (including phenoxy) is 3. The zero-order valence-electron chi connectivity index (χ0n) is 17.0. The van der Waals surface area contributed by atoms with E-state index in [1.54, 1.807) is 30.3 Å². The summed E-state index contributed by atoms with van der Waals surface area (Å²) in [6.07, 6.45) is 1.79. The zero-order chi connectivity index (χ0) is 22.5. The van der Waals surface area contributed by atoms with Gasteiger partial charge < -0.3 is 23.9 Å². The Bertz CT molecular complexity index is 1200. The van der Waals surface area contributed by atoms with Crippen molar-refractivity contribution in [3.05, 3.63) is 69.5 Å². The molecule has 1 aliphatic heterocycles. The van der Waals surface area contributed by atoms with Crippen molar-refractivity contribution in [2.45, 2.75) is 18.9 Å². The lowest BCUT2D eigenvalue weighted by Crippen LogP contribution is -2.34. The molecule has 3 aromatic rings. The molecule has 1 saturated heterocycles. The highest BCUT2D eigenvalue weighted by Crippen LogP contribution is 2.21. The summed E-state index contributed by atoms with van der Waals surface area (Å²) in [4.78, 5) is 36.7. The van der Waals surface area contributed by atoms with Gasteiger partial charge in [0.2, 0.25) is 0 Å². The van der Waals surface area contributed by atoms with Crippen molar-refractivity contribution in [1.29, 1.82) is 0 Å². The number of esters is 1. The quantitative estimate of drug-likeness (QED) is 0.329. The number of benzene rings is 2. The summed E-state index contributed by atoms with van der Waals surface area (Å²) < 4.78 is 21.3. The number of hydrogen-bond acceptors (Lipinski definition) is 7. The van der Waals surface area contributed by atoms with E-state index in [-0.39, 0.29) is 29.6 Å². The van der Waals surface area contributed by atoms with Gasteiger partial charge in [-0.05, 0) is 49.2 Å². The molecule has 1 unspecified atom stereocenters. The fraction of sp³-hybridized carbons (Fsp3) is 0.261. The lowest BCUT2D eigenvalue weighted by Gasteiger charge is -2.10. The van der Waals surface area contributed by atoms with Crippen LogP contribution in [-0.4, -0.2) is 37.7 Å². The average Bonchev–Trinajstić information content (AvgIpc) is 3.29. The average molecular weight is 458 g/mol. The van der Waals surface area contributed by atoms with Crippen LogP contribution >= 0.6 is 11.6 Å². The summed E-state index contributed by atoms with van der Waals surface area (Å²) in [5, 5.41) is 3.70. The van der Waals surface area contributed by atoms with Gasteiger partial charge in [0.25, 0.3) is 5.91 Å². The molecule has 1 amide bonds. The summed E-state index contributed by atoms with van der Waals surface area (Å²) >= 11 is 5.87. The standard InChI is InChI=1S/C23H20ClNO7/c24-15-3-1-4-16(10-15)30-13-21(26)31-17-7-6-14-9-19(23(28)32-20(14)11-17)22(27)25-12-18-5-2-8-29-18/h1,3-4,6-7,9-11,18H,2,5,8,12-13H2,(H,25,27). The number of rotatable bonds is 7. The van der Waals surface area contributed by atoms with Gasteiger partial charge >= 0.3 is 11.6 Å². The molecular formula is C23H20ClNO7. The first-order valence-corrected chi connectivity index (χ1v) is 10.4. The maximum atomic E-state index is 12.4. The molecule has 0 spiro atoms. The number of amides is 1. The first kappa shape index (κ1) is 21.9. The Labute approximate surface area is 188 Å². The Morgan fingerprint density at radius 2 is 2.00 bits per heavy atom. The van der Waals surface area contributed by atoms with Crippen molar-refractivity contribution >= 4 is 34.4 Å². The number of carbonyl (C=O) groups is 2. The van der Waals surface area contributed by atoms with E-state index in [1.807, 2.05) is 0 Å². The van der Waals surface area contributed by atoms with Crippen LogP contribution in [0.25, 0.3) is 11.0 Å². The Kier molecular flexibility index (Phi) is 6.72. The molecule has 1 aliphatic rings. The molecule has 0 saturated carbocycles. The van der Waals surface area contributed by atoms with Gasteiger partial charge in [-0.25, -0.2) is 9.59 Å². The lowest BCUT2D eigenvalue weighted by atomic mass is 10.1. The SMILES string of the molecule is O=C(COc1cccc(Cl)c1)Oc1ccc2cc(C(=O)NCC3CCCO3)c(=O)oc2c1. The van der Waals surface area contributed by atoms with Gasteiger partial charge in [0.15, 0.2) is 6.61 Å². The molecule has 32 heavy (non-hydrogen) atoms. The van der Waals surface area contributed by atoms with Crippen LogP contribution in [-0.2, 0) is 9.53 Å². The Morgan fingerprint density at radius 3 is 2.78 bits per heavy atom. The van der Waals surface area contributed by atoms with Gasteiger partial charge in [0, 0.05) is 29.6 Å². The lowest BCUT2D eigenvalue weighted by molar-refractivity contribution is -0.136. The molecule has 4 rings (SSSR count). The molecule has 9 heteroatoms. The molecule has 0 aliphatic carbocycles.